The van der Waals surface area contributed by atoms with Gasteiger partial charge in [-0.05, 0) is 31.8 Å². The predicted molar refractivity (Wildman–Crippen MR) is 65.8 cm³/mol. The largest absolute Gasteiger partial charge is 0.395 e. The van der Waals surface area contributed by atoms with E-state index in [9.17, 15) is 4.79 Å². The lowest BCUT2D eigenvalue weighted by Crippen LogP contribution is -2.38. The number of nitrogens with one attached hydrogen (secondary N) is 1. The van der Waals surface area contributed by atoms with Crippen LogP contribution in [-0.2, 0) is 9.53 Å². The Morgan fingerprint density at radius 1 is 1.41 bits per heavy atom. The molecule has 1 aliphatic rings. The Balaban J connectivity index is 2.34. The van der Waals surface area contributed by atoms with Gasteiger partial charge in [-0.15, -0.1) is 0 Å². The average molecular weight is 244 g/mol. The minimum Gasteiger partial charge on any atom is -0.395 e. The van der Waals surface area contributed by atoms with Crippen molar-refractivity contribution in [2.45, 2.75) is 19.3 Å². The van der Waals surface area contributed by atoms with E-state index >= 15 is 0 Å². The highest BCUT2D eigenvalue weighted by Crippen LogP contribution is 2.17. The van der Waals surface area contributed by atoms with E-state index in [1.54, 1.807) is 12.0 Å². The molecule has 0 atom stereocenters. The summed E-state index contributed by atoms with van der Waals surface area (Å²) in [5, 5.41) is 12.2. The fraction of sp³-hybridized carbons (Fsp3) is 0.917. The molecule has 17 heavy (non-hydrogen) atoms. The van der Waals surface area contributed by atoms with Crippen LogP contribution >= 0.6 is 0 Å². The third-order valence-corrected chi connectivity index (χ3v) is 3.21. The molecule has 2 N–H and O–H groups in total. The van der Waals surface area contributed by atoms with Crippen LogP contribution in [0.2, 0.25) is 0 Å². The van der Waals surface area contributed by atoms with Crippen molar-refractivity contribution in [3.63, 3.8) is 0 Å². The van der Waals surface area contributed by atoms with Gasteiger partial charge in [0.15, 0.2) is 0 Å². The van der Waals surface area contributed by atoms with Crippen molar-refractivity contribution in [3.8, 4) is 0 Å². The van der Waals surface area contributed by atoms with Crippen LogP contribution in [0.3, 0.4) is 0 Å². The Morgan fingerprint density at radius 2 is 2.12 bits per heavy atom. The number of carbonyl (C=O) groups excluding carboxylic acids is 1. The zero-order chi connectivity index (χ0) is 12.5. The van der Waals surface area contributed by atoms with Gasteiger partial charge in [-0.3, -0.25) is 4.79 Å². The molecule has 1 aliphatic heterocycles. The molecule has 5 nitrogen and oxygen atoms in total. The summed E-state index contributed by atoms with van der Waals surface area (Å²) in [6, 6.07) is 0. The number of rotatable bonds is 7. The number of amides is 1. The van der Waals surface area contributed by atoms with Crippen LogP contribution in [0.4, 0.5) is 0 Å². The maximum absolute atomic E-state index is 12.0. The number of nitrogens with zero attached hydrogens (tertiary/aromatic N) is 1. The van der Waals surface area contributed by atoms with Gasteiger partial charge in [0.25, 0.3) is 0 Å². The second-order valence-corrected chi connectivity index (χ2v) is 4.49. The fourth-order valence-electron chi connectivity index (χ4n) is 2.15. The lowest BCUT2D eigenvalue weighted by atomic mass is 9.94. The van der Waals surface area contributed by atoms with E-state index in [1.165, 1.54) is 0 Å². The molecule has 0 aromatic heterocycles. The molecule has 1 amide bonds. The molecule has 0 spiro atoms. The lowest BCUT2D eigenvalue weighted by Gasteiger charge is -2.26. The number of carbonyl (C=O) groups is 1. The summed E-state index contributed by atoms with van der Waals surface area (Å²) in [4.78, 5) is 13.7. The number of piperidine rings is 1. The van der Waals surface area contributed by atoms with Gasteiger partial charge in [0, 0.05) is 26.6 Å². The molecule has 1 rings (SSSR count). The summed E-state index contributed by atoms with van der Waals surface area (Å²) in [5.74, 6) is 0.635. The molecule has 1 saturated heterocycles. The first-order valence-corrected chi connectivity index (χ1v) is 6.36. The van der Waals surface area contributed by atoms with Crippen LogP contribution in [0.25, 0.3) is 0 Å². The SMILES string of the molecule is COCCN(CCO)C(=O)CC1CCNCC1. The molecule has 0 aliphatic carbocycles. The monoisotopic (exact) mass is 244 g/mol. The third-order valence-electron chi connectivity index (χ3n) is 3.21. The fourth-order valence-corrected chi connectivity index (χ4v) is 2.15. The maximum atomic E-state index is 12.0. The van der Waals surface area contributed by atoms with E-state index < -0.39 is 0 Å². The van der Waals surface area contributed by atoms with Crippen molar-refractivity contribution in [1.82, 2.24) is 10.2 Å². The first-order chi connectivity index (χ1) is 8.27. The van der Waals surface area contributed by atoms with Crippen molar-refractivity contribution in [3.05, 3.63) is 0 Å². The smallest absolute Gasteiger partial charge is 0.223 e. The van der Waals surface area contributed by atoms with Gasteiger partial charge in [-0.2, -0.15) is 0 Å². The van der Waals surface area contributed by atoms with Crippen molar-refractivity contribution in [1.29, 1.82) is 0 Å². The Hall–Kier alpha value is -0.650. The molecule has 0 aromatic rings. The summed E-state index contributed by atoms with van der Waals surface area (Å²) in [7, 11) is 1.62. The number of methoxy groups -OCH3 is 1. The number of hydrogen-bond acceptors (Lipinski definition) is 4. The summed E-state index contributed by atoms with van der Waals surface area (Å²) in [6.07, 6.45) is 2.75. The second-order valence-electron chi connectivity index (χ2n) is 4.49. The van der Waals surface area contributed by atoms with Gasteiger partial charge >= 0.3 is 0 Å². The minimum atomic E-state index is 0.0156. The van der Waals surface area contributed by atoms with Crippen molar-refractivity contribution >= 4 is 5.91 Å². The molecule has 1 heterocycles. The molecular weight excluding hydrogens is 220 g/mol. The van der Waals surface area contributed by atoms with Crippen molar-refractivity contribution < 1.29 is 14.6 Å². The summed E-state index contributed by atoms with van der Waals surface area (Å²) in [5.41, 5.74) is 0. The van der Waals surface area contributed by atoms with Gasteiger partial charge in [0.1, 0.15) is 0 Å². The van der Waals surface area contributed by atoms with E-state index in [2.05, 4.69) is 5.32 Å². The summed E-state index contributed by atoms with van der Waals surface area (Å²) < 4.78 is 4.97. The normalized spacial score (nSPS) is 17.1. The number of aliphatic hydroxyl groups excluding tert-OH is 1. The molecule has 100 valence electrons. The summed E-state index contributed by atoms with van der Waals surface area (Å²) in [6.45, 7) is 3.54. The Kier molecular flexibility index (Phi) is 7.16. The topological polar surface area (TPSA) is 61.8 Å². The van der Waals surface area contributed by atoms with Gasteiger partial charge in [-0.1, -0.05) is 0 Å². The first-order valence-electron chi connectivity index (χ1n) is 6.36. The molecule has 0 aromatic carbocycles. The highest BCUT2D eigenvalue weighted by Gasteiger charge is 2.20. The average Bonchev–Trinajstić information content (AvgIpc) is 2.35. The second kappa shape index (κ2) is 8.44. The predicted octanol–water partition coefficient (Wildman–Crippen LogP) is -0.157. The zero-order valence-corrected chi connectivity index (χ0v) is 10.7. The number of aliphatic hydroxyl groups is 1. The molecule has 0 saturated carbocycles. The lowest BCUT2D eigenvalue weighted by molar-refractivity contribution is -0.133. The first kappa shape index (κ1) is 14.4. The highest BCUT2D eigenvalue weighted by atomic mass is 16.5. The van der Waals surface area contributed by atoms with Gasteiger partial charge in [0.05, 0.1) is 13.2 Å². The van der Waals surface area contributed by atoms with Gasteiger partial charge in [-0.25, -0.2) is 0 Å². The van der Waals surface area contributed by atoms with Crippen molar-refractivity contribution in [2.75, 3.05) is 46.5 Å². The van der Waals surface area contributed by atoms with Crippen LogP contribution in [0, 0.1) is 5.92 Å². The molecule has 0 unspecified atom stereocenters. The quantitative estimate of drug-likeness (QED) is 0.653. The molecule has 0 bridgehead atoms. The van der Waals surface area contributed by atoms with E-state index in [4.69, 9.17) is 9.84 Å². The van der Waals surface area contributed by atoms with Gasteiger partial charge in [0.2, 0.25) is 5.91 Å². The summed E-state index contributed by atoms with van der Waals surface area (Å²) >= 11 is 0. The van der Waals surface area contributed by atoms with Crippen LogP contribution < -0.4 is 5.32 Å². The molecule has 0 radical (unpaired) electrons. The van der Waals surface area contributed by atoms with E-state index in [0.717, 1.165) is 25.9 Å². The Labute approximate surface area is 103 Å². The number of ether oxygens (including phenoxy) is 1. The highest BCUT2D eigenvalue weighted by molar-refractivity contribution is 5.76. The molecular formula is C12H24N2O3. The van der Waals surface area contributed by atoms with Gasteiger partial charge < -0.3 is 20.1 Å². The minimum absolute atomic E-state index is 0.0156. The maximum Gasteiger partial charge on any atom is 0.223 e. The molecule has 1 fully saturated rings. The van der Waals surface area contributed by atoms with E-state index in [1.807, 2.05) is 0 Å². The Bertz CT molecular complexity index is 218. The number of hydrogen-bond donors (Lipinski definition) is 2. The van der Waals surface area contributed by atoms with E-state index in [0.29, 0.717) is 32.0 Å². The molecule has 5 heteroatoms. The van der Waals surface area contributed by atoms with Crippen LogP contribution in [0.1, 0.15) is 19.3 Å². The standard InChI is InChI=1S/C12H24N2O3/c1-17-9-7-14(6-8-15)12(16)10-11-2-4-13-5-3-11/h11,13,15H,2-10H2,1H3. The Morgan fingerprint density at radius 3 is 2.71 bits per heavy atom. The van der Waals surface area contributed by atoms with Crippen molar-refractivity contribution in [2.24, 2.45) is 5.92 Å². The van der Waals surface area contributed by atoms with Crippen LogP contribution in [-0.4, -0.2) is 62.4 Å². The third kappa shape index (κ3) is 5.48. The van der Waals surface area contributed by atoms with E-state index in [-0.39, 0.29) is 12.5 Å². The van der Waals surface area contributed by atoms with Crippen LogP contribution in [0.5, 0.6) is 0 Å². The van der Waals surface area contributed by atoms with Crippen LogP contribution in [0.15, 0.2) is 0 Å². The zero-order valence-electron chi connectivity index (χ0n) is 10.7.